The molecule has 0 N–H and O–H groups in total. The van der Waals surface area contributed by atoms with Crippen molar-refractivity contribution in [3.8, 4) is 5.75 Å². The Bertz CT molecular complexity index is 1720. The van der Waals surface area contributed by atoms with Crippen molar-refractivity contribution >= 4 is 29.5 Å². The lowest BCUT2D eigenvalue weighted by atomic mass is 9.55. The third kappa shape index (κ3) is 4.33. The van der Waals surface area contributed by atoms with E-state index in [9.17, 15) is 24.0 Å². The first-order valence-corrected chi connectivity index (χ1v) is 14.5. The van der Waals surface area contributed by atoms with Gasteiger partial charge in [0.05, 0.1) is 17.4 Å². The van der Waals surface area contributed by atoms with Gasteiger partial charge in [-0.15, -0.1) is 0 Å². The fraction of sp³-hybridized carbons (Fsp3) is 0.194. The van der Waals surface area contributed by atoms with Gasteiger partial charge in [-0.3, -0.25) is 19.3 Å². The summed E-state index contributed by atoms with van der Waals surface area (Å²) < 4.78 is 10.6. The molecule has 3 atom stereocenters. The zero-order valence-electron chi connectivity index (χ0n) is 23.7. The third-order valence-electron chi connectivity index (χ3n) is 8.95. The number of amides is 2. The number of ether oxygens (including phenoxy) is 2. The van der Waals surface area contributed by atoms with Crippen LogP contribution in [0.3, 0.4) is 0 Å². The Labute approximate surface area is 253 Å². The number of nitrogens with zero attached hydrogens (tertiary/aromatic N) is 1. The van der Waals surface area contributed by atoms with Crippen molar-refractivity contribution in [2.45, 2.75) is 24.8 Å². The summed E-state index contributed by atoms with van der Waals surface area (Å²) in [4.78, 5) is 66.9. The van der Waals surface area contributed by atoms with Gasteiger partial charge in [0.2, 0.25) is 11.8 Å². The molecule has 0 radical (unpaired) electrons. The standard InChI is InChI=1S/C36H27NO7/c1-20(35(41)43-19-28(38)21-15-17-23(18-16-21)44-36(42)22-9-3-2-4-10-22)37-33(39)31-29-24-11-5-6-12-25(24)30(32(31)34(37)40)27-14-8-7-13-26(27)29/h2-18,20,29-32H,19H2,1H3. The number of esters is 2. The first-order chi connectivity index (χ1) is 21.3. The summed E-state index contributed by atoms with van der Waals surface area (Å²) in [6.45, 7) is 0.884. The number of Topliss-reactive ketones (excluding diaryl/α,β-unsaturated/α-hetero) is 1. The van der Waals surface area contributed by atoms with Gasteiger partial charge < -0.3 is 9.47 Å². The summed E-state index contributed by atoms with van der Waals surface area (Å²) in [7, 11) is 0. The summed E-state index contributed by atoms with van der Waals surface area (Å²) >= 11 is 0. The maximum Gasteiger partial charge on any atom is 0.343 e. The minimum Gasteiger partial charge on any atom is -0.456 e. The van der Waals surface area contributed by atoms with Gasteiger partial charge in [0.1, 0.15) is 11.8 Å². The van der Waals surface area contributed by atoms with Crippen LogP contribution in [0.4, 0.5) is 0 Å². The molecule has 3 aliphatic carbocycles. The molecule has 8 heteroatoms. The Morgan fingerprint density at radius 3 is 1.64 bits per heavy atom. The maximum absolute atomic E-state index is 13.9. The predicted molar refractivity (Wildman–Crippen MR) is 158 cm³/mol. The molecular formula is C36H27NO7. The van der Waals surface area contributed by atoms with Crippen LogP contribution in [0.25, 0.3) is 0 Å². The number of likely N-dealkylation sites (tertiary alicyclic amines) is 1. The Balaban J connectivity index is 1.03. The van der Waals surface area contributed by atoms with E-state index in [1.54, 1.807) is 30.3 Å². The van der Waals surface area contributed by atoms with E-state index < -0.39 is 54.0 Å². The van der Waals surface area contributed by atoms with Crippen LogP contribution in [0, 0.1) is 11.8 Å². The molecule has 1 fully saturated rings. The number of imide groups is 1. The highest BCUT2D eigenvalue weighted by Crippen LogP contribution is 2.61. The normalized spacial score (nSPS) is 21.6. The summed E-state index contributed by atoms with van der Waals surface area (Å²) in [5, 5.41) is 0. The third-order valence-corrected chi connectivity index (χ3v) is 8.95. The monoisotopic (exact) mass is 585 g/mol. The molecule has 0 spiro atoms. The number of benzene rings is 4. The van der Waals surface area contributed by atoms with Crippen LogP contribution in [-0.4, -0.2) is 47.1 Å². The Morgan fingerprint density at radius 2 is 1.14 bits per heavy atom. The van der Waals surface area contributed by atoms with Gasteiger partial charge in [0, 0.05) is 17.4 Å². The number of ketones is 1. The first kappa shape index (κ1) is 27.5. The van der Waals surface area contributed by atoms with Crippen LogP contribution in [0.2, 0.25) is 0 Å². The van der Waals surface area contributed by atoms with Crippen molar-refractivity contribution in [1.29, 1.82) is 0 Å². The summed E-state index contributed by atoms with van der Waals surface area (Å²) in [5.41, 5.74) is 4.81. The molecule has 2 amide bonds. The van der Waals surface area contributed by atoms with E-state index in [-0.39, 0.29) is 23.1 Å². The Kier molecular flexibility index (Phi) is 6.69. The highest BCUT2D eigenvalue weighted by atomic mass is 16.5. The highest BCUT2D eigenvalue weighted by molar-refractivity contribution is 6.10. The number of rotatable bonds is 7. The topological polar surface area (TPSA) is 107 Å². The minimum atomic E-state index is -1.20. The van der Waals surface area contributed by atoms with Crippen LogP contribution in [0.15, 0.2) is 103 Å². The second-order valence-electron chi connectivity index (χ2n) is 11.3. The Morgan fingerprint density at radius 1 is 0.659 bits per heavy atom. The van der Waals surface area contributed by atoms with E-state index >= 15 is 0 Å². The zero-order chi connectivity index (χ0) is 30.5. The van der Waals surface area contributed by atoms with Crippen molar-refractivity contribution in [3.63, 3.8) is 0 Å². The van der Waals surface area contributed by atoms with Crippen molar-refractivity contribution in [1.82, 2.24) is 4.90 Å². The Hall–Kier alpha value is -5.37. The average Bonchev–Trinajstić information content (AvgIpc) is 3.33. The van der Waals surface area contributed by atoms with Crippen LogP contribution >= 0.6 is 0 Å². The molecule has 1 aliphatic heterocycles. The number of carbonyl (C=O) groups excluding carboxylic acids is 5. The number of hydrogen-bond donors (Lipinski definition) is 0. The molecule has 0 aromatic heterocycles. The average molecular weight is 586 g/mol. The summed E-state index contributed by atoms with van der Waals surface area (Å²) in [6, 6.07) is 29.0. The molecule has 0 saturated carbocycles. The second-order valence-corrected chi connectivity index (χ2v) is 11.3. The van der Waals surface area contributed by atoms with Crippen LogP contribution in [-0.2, 0) is 19.1 Å². The first-order valence-electron chi connectivity index (χ1n) is 14.5. The maximum atomic E-state index is 13.9. The second kappa shape index (κ2) is 10.7. The lowest BCUT2D eigenvalue weighted by Gasteiger charge is -2.45. The van der Waals surface area contributed by atoms with E-state index in [4.69, 9.17) is 9.47 Å². The van der Waals surface area contributed by atoms with Crippen LogP contribution in [0.1, 0.15) is 61.7 Å². The van der Waals surface area contributed by atoms with E-state index in [1.807, 2.05) is 48.5 Å². The molecule has 4 aromatic carbocycles. The molecule has 1 heterocycles. The largest absolute Gasteiger partial charge is 0.456 e. The smallest absolute Gasteiger partial charge is 0.343 e. The molecule has 2 bridgehead atoms. The van der Waals surface area contributed by atoms with Crippen molar-refractivity contribution < 1.29 is 33.4 Å². The fourth-order valence-corrected chi connectivity index (χ4v) is 6.98. The molecule has 44 heavy (non-hydrogen) atoms. The lowest BCUT2D eigenvalue weighted by Crippen LogP contribution is -2.45. The summed E-state index contributed by atoms with van der Waals surface area (Å²) in [5.74, 6) is -4.15. The van der Waals surface area contributed by atoms with E-state index in [0.717, 1.165) is 27.2 Å². The molecule has 8 rings (SSSR count). The van der Waals surface area contributed by atoms with Gasteiger partial charge >= 0.3 is 11.9 Å². The van der Waals surface area contributed by atoms with E-state index in [2.05, 4.69) is 0 Å². The van der Waals surface area contributed by atoms with Crippen LogP contribution < -0.4 is 4.74 Å². The zero-order valence-corrected chi connectivity index (χ0v) is 23.7. The van der Waals surface area contributed by atoms with Crippen molar-refractivity contribution in [3.05, 3.63) is 137 Å². The van der Waals surface area contributed by atoms with Gasteiger partial charge in [0.25, 0.3) is 0 Å². The molecule has 4 aliphatic rings. The molecule has 4 aromatic rings. The quantitative estimate of drug-likeness (QED) is 0.131. The van der Waals surface area contributed by atoms with Crippen molar-refractivity contribution in [2.24, 2.45) is 11.8 Å². The molecule has 3 unspecified atom stereocenters. The van der Waals surface area contributed by atoms with Crippen molar-refractivity contribution in [2.75, 3.05) is 6.61 Å². The SMILES string of the molecule is CC(C(=O)OCC(=O)c1ccc(OC(=O)c2ccccc2)cc1)N1C(=O)C2C3c4ccccc4C(c4ccccc43)C2C1=O. The van der Waals surface area contributed by atoms with Gasteiger partial charge in [-0.1, -0.05) is 66.7 Å². The summed E-state index contributed by atoms with van der Waals surface area (Å²) in [6.07, 6.45) is 0. The van der Waals surface area contributed by atoms with Gasteiger partial charge in [-0.2, -0.15) is 0 Å². The molecule has 218 valence electrons. The van der Waals surface area contributed by atoms with E-state index in [0.29, 0.717) is 5.56 Å². The van der Waals surface area contributed by atoms with Gasteiger partial charge in [-0.05, 0) is 65.6 Å². The number of carbonyl (C=O) groups is 5. The van der Waals surface area contributed by atoms with Gasteiger partial charge in [-0.25, -0.2) is 9.59 Å². The molecule has 8 nitrogen and oxygen atoms in total. The highest BCUT2D eigenvalue weighted by Gasteiger charge is 2.62. The minimum absolute atomic E-state index is 0.247. The fourth-order valence-electron chi connectivity index (χ4n) is 6.98. The van der Waals surface area contributed by atoms with Crippen LogP contribution in [0.5, 0.6) is 5.75 Å². The van der Waals surface area contributed by atoms with E-state index in [1.165, 1.54) is 31.2 Å². The predicted octanol–water partition coefficient (Wildman–Crippen LogP) is 4.91. The molecule has 1 saturated heterocycles. The lowest BCUT2D eigenvalue weighted by molar-refractivity contribution is -0.157. The van der Waals surface area contributed by atoms with Gasteiger partial charge in [0.15, 0.2) is 12.4 Å². The molecular weight excluding hydrogens is 558 g/mol. The number of hydrogen-bond acceptors (Lipinski definition) is 7.